The van der Waals surface area contributed by atoms with E-state index in [9.17, 15) is 14.9 Å². The van der Waals surface area contributed by atoms with Gasteiger partial charge >= 0.3 is 0 Å². The van der Waals surface area contributed by atoms with Crippen LogP contribution < -0.4 is 4.74 Å². The van der Waals surface area contributed by atoms with Crippen LogP contribution in [-0.4, -0.2) is 40.9 Å². The van der Waals surface area contributed by atoms with Gasteiger partial charge in [-0.1, -0.05) is 12.1 Å². The second-order valence-corrected chi connectivity index (χ2v) is 7.79. The highest BCUT2D eigenvalue weighted by Crippen LogP contribution is 2.35. The van der Waals surface area contributed by atoms with Gasteiger partial charge < -0.3 is 9.64 Å². The number of carbonyl (C=O) groups is 1. The number of hydrogen-bond acceptors (Lipinski definition) is 6. The maximum absolute atomic E-state index is 12.9. The minimum atomic E-state index is -0.504. The van der Waals surface area contributed by atoms with Crippen molar-refractivity contribution in [1.82, 2.24) is 9.88 Å². The lowest BCUT2D eigenvalue weighted by atomic mass is 9.97. The number of nitro groups is 1. The number of carbonyl (C=O) groups excluding carboxylic acids is 1. The minimum absolute atomic E-state index is 0.117. The number of para-hydroxylation sites is 1. The molecule has 1 saturated heterocycles. The third-order valence-corrected chi connectivity index (χ3v) is 6.27. The number of aromatic nitrogens is 1. The van der Waals surface area contributed by atoms with Gasteiger partial charge in [0.2, 0.25) is 0 Å². The number of hydrogen-bond donors (Lipinski definition) is 0. The monoisotopic (exact) mass is 397 g/mol. The molecule has 0 spiro atoms. The van der Waals surface area contributed by atoms with Crippen molar-refractivity contribution in [3.63, 3.8) is 0 Å². The molecule has 0 aliphatic carbocycles. The number of fused-ring (bicyclic) bond motifs is 1. The van der Waals surface area contributed by atoms with Crippen molar-refractivity contribution < 1.29 is 14.5 Å². The first-order valence-corrected chi connectivity index (χ1v) is 9.85. The predicted molar refractivity (Wildman–Crippen MR) is 107 cm³/mol. The van der Waals surface area contributed by atoms with Gasteiger partial charge in [0.25, 0.3) is 11.6 Å². The summed E-state index contributed by atoms with van der Waals surface area (Å²) < 4.78 is 6.42. The molecule has 2 aromatic carbocycles. The summed E-state index contributed by atoms with van der Waals surface area (Å²) in [6.45, 7) is 1.18. The Kier molecular flexibility index (Phi) is 4.95. The molecule has 1 amide bonds. The third kappa shape index (κ3) is 3.43. The number of benzene rings is 2. The minimum Gasteiger partial charge on any atom is -0.496 e. The van der Waals surface area contributed by atoms with E-state index in [0.717, 1.165) is 23.4 Å². The molecule has 1 fully saturated rings. The molecule has 28 heavy (non-hydrogen) atoms. The molecule has 7 nitrogen and oxygen atoms in total. The number of ether oxygens (including phenoxy) is 1. The van der Waals surface area contributed by atoms with Crippen LogP contribution in [0.2, 0.25) is 0 Å². The fourth-order valence-corrected chi connectivity index (χ4v) is 4.68. The molecule has 3 aromatic rings. The summed E-state index contributed by atoms with van der Waals surface area (Å²) in [7, 11) is 1.46. The van der Waals surface area contributed by atoms with Crippen LogP contribution in [0.15, 0.2) is 42.5 Å². The number of amides is 1. The smallest absolute Gasteiger partial charge is 0.270 e. The highest BCUT2D eigenvalue weighted by Gasteiger charge is 2.28. The zero-order valence-electron chi connectivity index (χ0n) is 15.3. The lowest BCUT2D eigenvalue weighted by molar-refractivity contribution is -0.384. The van der Waals surface area contributed by atoms with E-state index in [2.05, 4.69) is 6.07 Å². The number of nitrogens with zero attached hydrogens (tertiary/aromatic N) is 3. The number of non-ortho nitro benzene ring substituents is 1. The fourth-order valence-electron chi connectivity index (χ4n) is 3.54. The van der Waals surface area contributed by atoms with Crippen molar-refractivity contribution in [1.29, 1.82) is 0 Å². The maximum Gasteiger partial charge on any atom is 0.270 e. The Morgan fingerprint density at radius 2 is 2.00 bits per heavy atom. The van der Waals surface area contributed by atoms with E-state index in [1.165, 1.54) is 30.0 Å². The van der Waals surface area contributed by atoms with Gasteiger partial charge in [0, 0.05) is 31.1 Å². The van der Waals surface area contributed by atoms with E-state index in [1.807, 2.05) is 18.2 Å². The van der Waals surface area contributed by atoms with Gasteiger partial charge in [0.1, 0.15) is 5.75 Å². The largest absolute Gasteiger partial charge is 0.496 e. The Morgan fingerprint density at radius 3 is 2.68 bits per heavy atom. The van der Waals surface area contributed by atoms with Gasteiger partial charge in [0.15, 0.2) is 0 Å². The van der Waals surface area contributed by atoms with Crippen molar-refractivity contribution in [3.8, 4) is 5.75 Å². The zero-order valence-corrected chi connectivity index (χ0v) is 16.1. The average molecular weight is 397 g/mol. The Bertz CT molecular complexity index is 1010. The summed E-state index contributed by atoms with van der Waals surface area (Å²) in [4.78, 5) is 30.0. The average Bonchev–Trinajstić information content (AvgIpc) is 3.17. The first-order valence-electron chi connectivity index (χ1n) is 9.04. The van der Waals surface area contributed by atoms with E-state index in [4.69, 9.17) is 9.72 Å². The summed E-state index contributed by atoms with van der Waals surface area (Å²) in [5.41, 5.74) is 1.13. The van der Waals surface area contributed by atoms with E-state index in [1.54, 1.807) is 16.2 Å². The Balaban J connectivity index is 1.49. The molecule has 4 rings (SSSR count). The number of piperidine rings is 1. The molecule has 0 bridgehead atoms. The van der Waals surface area contributed by atoms with Crippen LogP contribution in [-0.2, 0) is 0 Å². The Hall–Kier alpha value is -3.00. The SMILES string of the molecule is COc1ccc([N+](=O)[O-])cc1C(=O)N1CCC(c2nc3ccccc3s2)CC1. The van der Waals surface area contributed by atoms with Gasteiger partial charge in [-0.15, -0.1) is 11.3 Å². The number of rotatable bonds is 4. The van der Waals surface area contributed by atoms with Gasteiger partial charge in [-0.25, -0.2) is 4.98 Å². The van der Waals surface area contributed by atoms with Crippen LogP contribution in [0, 0.1) is 10.1 Å². The number of likely N-dealkylation sites (tertiary alicyclic amines) is 1. The van der Waals surface area contributed by atoms with Crippen molar-refractivity contribution in [2.75, 3.05) is 20.2 Å². The van der Waals surface area contributed by atoms with E-state index in [0.29, 0.717) is 24.8 Å². The topological polar surface area (TPSA) is 85.6 Å². The van der Waals surface area contributed by atoms with Crippen LogP contribution in [0.5, 0.6) is 5.75 Å². The molecule has 2 heterocycles. The molecular weight excluding hydrogens is 378 g/mol. The Morgan fingerprint density at radius 1 is 1.25 bits per heavy atom. The summed E-state index contributed by atoms with van der Waals surface area (Å²) in [5.74, 6) is 0.445. The van der Waals surface area contributed by atoms with Crippen LogP contribution in [0.3, 0.4) is 0 Å². The molecular formula is C20H19N3O4S. The lowest BCUT2D eigenvalue weighted by Crippen LogP contribution is -2.38. The van der Waals surface area contributed by atoms with E-state index >= 15 is 0 Å². The second-order valence-electron chi connectivity index (χ2n) is 6.73. The van der Waals surface area contributed by atoms with Crippen molar-refractivity contribution in [3.05, 3.63) is 63.1 Å². The van der Waals surface area contributed by atoms with Crippen LogP contribution >= 0.6 is 11.3 Å². The molecule has 1 aliphatic rings. The summed E-state index contributed by atoms with van der Waals surface area (Å²) >= 11 is 1.71. The Labute approximate surface area is 165 Å². The van der Waals surface area contributed by atoms with E-state index < -0.39 is 4.92 Å². The zero-order chi connectivity index (χ0) is 19.7. The quantitative estimate of drug-likeness (QED) is 0.486. The molecule has 0 saturated carbocycles. The first kappa shape index (κ1) is 18.4. The predicted octanol–water partition coefficient (Wildman–Crippen LogP) is 4.23. The first-order chi connectivity index (χ1) is 13.6. The van der Waals surface area contributed by atoms with Crippen molar-refractivity contribution >= 4 is 33.1 Å². The molecule has 8 heteroatoms. The van der Waals surface area contributed by atoms with Crippen molar-refractivity contribution in [2.45, 2.75) is 18.8 Å². The van der Waals surface area contributed by atoms with Crippen LogP contribution in [0.1, 0.15) is 34.1 Å². The lowest BCUT2D eigenvalue weighted by Gasteiger charge is -2.31. The molecule has 0 unspecified atom stereocenters. The van der Waals surface area contributed by atoms with Gasteiger partial charge in [-0.3, -0.25) is 14.9 Å². The van der Waals surface area contributed by atoms with Gasteiger partial charge in [-0.05, 0) is 31.0 Å². The van der Waals surface area contributed by atoms with Gasteiger partial charge in [0.05, 0.1) is 32.8 Å². The van der Waals surface area contributed by atoms with E-state index in [-0.39, 0.29) is 17.2 Å². The highest BCUT2D eigenvalue weighted by atomic mass is 32.1. The fraction of sp³-hybridized carbons (Fsp3) is 0.300. The number of nitro benzene ring substituents is 1. The summed E-state index contributed by atoms with van der Waals surface area (Å²) in [5, 5.41) is 12.2. The number of methoxy groups -OCH3 is 1. The molecule has 0 radical (unpaired) electrons. The summed E-state index contributed by atoms with van der Waals surface area (Å²) in [6.07, 6.45) is 1.64. The van der Waals surface area contributed by atoms with Crippen molar-refractivity contribution in [2.24, 2.45) is 0 Å². The molecule has 0 N–H and O–H groups in total. The van der Waals surface area contributed by atoms with Crippen LogP contribution in [0.4, 0.5) is 5.69 Å². The summed E-state index contributed by atoms with van der Waals surface area (Å²) in [6, 6.07) is 12.2. The van der Waals surface area contributed by atoms with Gasteiger partial charge in [-0.2, -0.15) is 0 Å². The highest BCUT2D eigenvalue weighted by molar-refractivity contribution is 7.18. The van der Waals surface area contributed by atoms with Crippen LogP contribution in [0.25, 0.3) is 10.2 Å². The maximum atomic E-state index is 12.9. The molecule has 144 valence electrons. The normalized spacial score (nSPS) is 15.0. The third-order valence-electron chi connectivity index (χ3n) is 5.07. The molecule has 1 aliphatic heterocycles. The molecule has 1 aromatic heterocycles. The second kappa shape index (κ2) is 7.55. The number of thiazole rings is 1. The standard InChI is InChI=1S/C20H19N3O4S/c1-27-17-7-6-14(23(25)26)12-15(17)20(24)22-10-8-13(9-11-22)19-21-16-4-2-3-5-18(16)28-19/h2-7,12-13H,8-11H2,1H3. The molecule has 0 atom stereocenters.